The van der Waals surface area contributed by atoms with Gasteiger partial charge in [0.1, 0.15) is 5.82 Å². The summed E-state index contributed by atoms with van der Waals surface area (Å²) in [7, 11) is 2.04. The summed E-state index contributed by atoms with van der Waals surface area (Å²) in [5.41, 5.74) is 10.2. The maximum absolute atomic E-state index is 6.77. The highest BCUT2D eigenvalue weighted by Crippen LogP contribution is 2.37. The summed E-state index contributed by atoms with van der Waals surface area (Å²) in [6.07, 6.45) is 4.58. The smallest absolute Gasteiger partial charge is 0.222 e. The first-order chi connectivity index (χ1) is 13.3. The maximum Gasteiger partial charge on any atom is 0.222 e. The Morgan fingerprint density at radius 1 is 1.29 bits per heavy atom. The zero-order chi connectivity index (χ0) is 20.3. The predicted molar refractivity (Wildman–Crippen MR) is 117 cm³/mol. The van der Waals surface area contributed by atoms with E-state index in [2.05, 4.69) is 44.5 Å². The first-order valence-electron chi connectivity index (χ1n) is 9.88. The molecule has 5 nitrogen and oxygen atoms in total. The van der Waals surface area contributed by atoms with Gasteiger partial charge in [-0.3, -0.25) is 0 Å². The lowest BCUT2D eigenvalue weighted by Gasteiger charge is -2.32. The molecule has 1 unspecified atom stereocenters. The topological polar surface area (TPSA) is 58.3 Å². The number of anilines is 2. The van der Waals surface area contributed by atoms with Gasteiger partial charge in [0.15, 0.2) is 0 Å². The normalized spacial score (nSPS) is 17.3. The number of nitrogens with zero attached hydrogens (tertiary/aromatic N) is 4. The van der Waals surface area contributed by atoms with E-state index < -0.39 is 0 Å². The van der Waals surface area contributed by atoms with E-state index in [1.165, 1.54) is 18.4 Å². The summed E-state index contributed by atoms with van der Waals surface area (Å²) in [4.78, 5) is 13.2. The van der Waals surface area contributed by atoms with Crippen LogP contribution >= 0.6 is 11.6 Å². The molecular formula is C22H30ClN5. The Morgan fingerprint density at radius 3 is 2.75 bits per heavy atom. The average molecular weight is 400 g/mol. The van der Waals surface area contributed by atoms with Crippen LogP contribution in [-0.2, 0) is 6.54 Å². The van der Waals surface area contributed by atoms with E-state index in [1.807, 2.05) is 27.0 Å². The van der Waals surface area contributed by atoms with E-state index in [4.69, 9.17) is 17.3 Å². The fourth-order valence-electron chi connectivity index (χ4n) is 3.78. The Morgan fingerprint density at radius 2 is 2.07 bits per heavy atom. The molecule has 0 saturated carbocycles. The molecule has 1 aliphatic heterocycles. The van der Waals surface area contributed by atoms with Gasteiger partial charge in [-0.15, -0.1) is 0 Å². The second-order valence-corrected chi connectivity index (χ2v) is 8.14. The van der Waals surface area contributed by atoms with Crippen LogP contribution in [0.5, 0.6) is 0 Å². The van der Waals surface area contributed by atoms with Crippen molar-refractivity contribution in [2.45, 2.75) is 52.1 Å². The lowest BCUT2D eigenvalue weighted by atomic mass is 9.99. The van der Waals surface area contributed by atoms with Gasteiger partial charge in [-0.25, -0.2) is 4.98 Å². The van der Waals surface area contributed by atoms with Crippen molar-refractivity contribution < 1.29 is 0 Å². The third kappa shape index (κ3) is 4.76. The predicted octanol–water partition coefficient (Wildman–Crippen LogP) is 5.11. The summed E-state index contributed by atoms with van der Waals surface area (Å²) >= 11 is 6.77. The van der Waals surface area contributed by atoms with Crippen molar-refractivity contribution in [3.05, 3.63) is 58.4 Å². The molecule has 6 heteroatoms. The molecule has 2 N–H and O–H groups in total. The number of nitrogens with two attached hydrogens (primary N) is 1. The molecule has 1 saturated heterocycles. The lowest BCUT2D eigenvalue weighted by molar-refractivity contribution is 0.414. The zero-order valence-corrected chi connectivity index (χ0v) is 17.8. The number of halogens is 1. The van der Waals surface area contributed by atoms with Gasteiger partial charge in [-0.05, 0) is 43.9 Å². The maximum atomic E-state index is 6.77. The highest BCUT2D eigenvalue weighted by molar-refractivity contribution is 6.31. The summed E-state index contributed by atoms with van der Waals surface area (Å²) in [6.45, 7) is 9.70. The van der Waals surface area contributed by atoms with Gasteiger partial charge in [0.25, 0.3) is 0 Å². The summed E-state index contributed by atoms with van der Waals surface area (Å²) in [5.74, 6) is 1.21. The molecule has 2 heterocycles. The molecule has 0 radical (unpaired) electrons. The molecule has 28 heavy (non-hydrogen) atoms. The molecule has 1 aliphatic rings. The number of aromatic nitrogens is 2. The van der Waals surface area contributed by atoms with Crippen molar-refractivity contribution in [3.8, 4) is 0 Å². The number of aryl methyl sites for hydroxylation is 1. The lowest BCUT2D eigenvalue weighted by Crippen LogP contribution is -2.30. The number of hydrogen-bond donors (Lipinski definition) is 1. The van der Waals surface area contributed by atoms with Crippen LogP contribution in [0.4, 0.5) is 11.8 Å². The van der Waals surface area contributed by atoms with E-state index >= 15 is 0 Å². The van der Waals surface area contributed by atoms with Crippen molar-refractivity contribution >= 4 is 23.4 Å². The van der Waals surface area contributed by atoms with Crippen LogP contribution in [0, 0.1) is 6.92 Å². The van der Waals surface area contributed by atoms with E-state index in [0.717, 1.165) is 53.7 Å². The standard InChI is InChI=1S/C22H30ClN5/c1-15(2)27(4)14-17-9-10-18(19(23)13-17)20-8-6-5-7-11-28(20)21-12-16(3)25-22(24)26-21/h9-10,12-13,20H,1,5-8,11,14H2,2-4H3,(H2,24,25,26). The van der Waals surface area contributed by atoms with Crippen LogP contribution in [0.25, 0.3) is 0 Å². The third-order valence-corrected chi connectivity index (χ3v) is 5.73. The fraction of sp³-hybridized carbons (Fsp3) is 0.455. The van der Waals surface area contributed by atoms with Gasteiger partial charge in [0.2, 0.25) is 5.95 Å². The molecule has 1 atom stereocenters. The first-order valence-corrected chi connectivity index (χ1v) is 10.3. The van der Waals surface area contributed by atoms with Gasteiger partial charge < -0.3 is 15.5 Å². The molecule has 0 bridgehead atoms. The van der Waals surface area contributed by atoms with Crippen LogP contribution in [-0.4, -0.2) is 28.5 Å². The van der Waals surface area contributed by atoms with Crippen molar-refractivity contribution in [1.29, 1.82) is 0 Å². The van der Waals surface area contributed by atoms with Crippen LogP contribution in [0.2, 0.25) is 5.02 Å². The highest BCUT2D eigenvalue weighted by atomic mass is 35.5. The summed E-state index contributed by atoms with van der Waals surface area (Å²) in [5, 5.41) is 0.809. The van der Waals surface area contributed by atoms with E-state index in [9.17, 15) is 0 Å². The first kappa shape index (κ1) is 20.5. The quantitative estimate of drug-likeness (QED) is 0.757. The van der Waals surface area contributed by atoms with E-state index in [1.54, 1.807) is 0 Å². The van der Waals surface area contributed by atoms with Crippen LogP contribution in [0.1, 0.15) is 55.5 Å². The molecule has 0 amide bonds. The molecule has 3 rings (SSSR count). The number of nitrogen functional groups attached to an aromatic ring is 1. The minimum absolute atomic E-state index is 0.191. The number of allylic oxidation sites excluding steroid dienone is 1. The molecule has 150 valence electrons. The minimum atomic E-state index is 0.191. The monoisotopic (exact) mass is 399 g/mol. The number of benzene rings is 1. The Bertz CT molecular complexity index is 831. The van der Waals surface area contributed by atoms with Crippen molar-refractivity contribution in [3.63, 3.8) is 0 Å². The molecule has 1 fully saturated rings. The van der Waals surface area contributed by atoms with Crippen LogP contribution < -0.4 is 10.6 Å². The van der Waals surface area contributed by atoms with Gasteiger partial charge in [-0.2, -0.15) is 4.98 Å². The van der Waals surface area contributed by atoms with Gasteiger partial charge >= 0.3 is 0 Å². The summed E-state index contributed by atoms with van der Waals surface area (Å²) < 4.78 is 0. The Kier molecular flexibility index (Phi) is 6.45. The minimum Gasteiger partial charge on any atom is -0.374 e. The van der Waals surface area contributed by atoms with Gasteiger partial charge in [-0.1, -0.05) is 43.2 Å². The molecule has 0 aliphatic carbocycles. The second kappa shape index (κ2) is 8.82. The number of rotatable bonds is 5. The SMILES string of the molecule is C=C(C)N(C)Cc1ccc(C2CCCCCN2c2cc(C)nc(N)n2)c(Cl)c1. The molecule has 1 aromatic heterocycles. The second-order valence-electron chi connectivity index (χ2n) is 7.73. The zero-order valence-electron chi connectivity index (χ0n) is 17.1. The molecule has 1 aromatic carbocycles. The average Bonchev–Trinajstić information content (AvgIpc) is 2.87. The Hall–Kier alpha value is -2.27. The van der Waals surface area contributed by atoms with Crippen molar-refractivity contribution in [2.75, 3.05) is 24.2 Å². The van der Waals surface area contributed by atoms with Crippen molar-refractivity contribution in [2.24, 2.45) is 0 Å². The van der Waals surface area contributed by atoms with Crippen molar-refractivity contribution in [1.82, 2.24) is 14.9 Å². The van der Waals surface area contributed by atoms with Crippen LogP contribution in [0.3, 0.4) is 0 Å². The Labute approximate surface area is 173 Å². The molecule has 0 spiro atoms. The fourth-order valence-corrected chi connectivity index (χ4v) is 4.10. The van der Waals surface area contributed by atoms with Crippen LogP contribution in [0.15, 0.2) is 36.5 Å². The number of hydrogen-bond acceptors (Lipinski definition) is 5. The molecular weight excluding hydrogens is 370 g/mol. The van der Waals surface area contributed by atoms with Gasteiger partial charge in [0.05, 0.1) is 6.04 Å². The van der Waals surface area contributed by atoms with E-state index in [-0.39, 0.29) is 6.04 Å². The Balaban J connectivity index is 1.93. The molecule has 2 aromatic rings. The summed E-state index contributed by atoms with van der Waals surface area (Å²) in [6, 6.07) is 8.63. The third-order valence-electron chi connectivity index (χ3n) is 5.40. The van der Waals surface area contributed by atoms with E-state index in [0.29, 0.717) is 5.95 Å². The van der Waals surface area contributed by atoms with Gasteiger partial charge in [0, 0.05) is 42.6 Å². The largest absolute Gasteiger partial charge is 0.374 e. The highest BCUT2D eigenvalue weighted by Gasteiger charge is 2.26.